The molecular weight excluding hydrogens is 242 g/mol. The van der Waals surface area contributed by atoms with Crippen LogP contribution in [0.5, 0.6) is 11.5 Å². The zero-order chi connectivity index (χ0) is 14.3. The summed E-state index contributed by atoms with van der Waals surface area (Å²) in [4.78, 5) is 11.8. The minimum Gasteiger partial charge on any atom is -0.497 e. The maximum atomic E-state index is 11.8. The number of methoxy groups -OCH3 is 2. The number of ether oxygens (including phenoxy) is 2. The molecule has 0 aromatic heterocycles. The Morgan fingerprint density at radius 1 is 1.32 bits per heavy atom. The maximum absolute atomic E-state index is 11.8. The van der Waals surface area contributed by atoms with E-state index in [4.69, 9.17) is 15.2 Å². The van der Waals surface area contributed by atoms with Crippen LogP contribution in [-0.2, 0) is 11.2 Å². The molecule has 4 nitrogen and oxygen atoms in total. The van der Waals surface area contributed by atoms with Crippen molar-refractivity contribution in [3.8, 4) is 11.5 Å². The van der Waals surface area contributed by atoms with Gasteiger partial charge in [-0.1, -0.05) is 19.1 Å². The molecule has 1 rings (SSSR count). The maximum Gasteiger partial charge on any atom is 0.178 e. The molecule has 0 saturated heterocycles. The highest BCUT2D eigenvalue weighted by Gasteiger charge is 2.09. The Labute approximate surface area is 114 Å². The van der Waals surface area contributed by atoms with E-state index in [-0.39, 0.29) is 5.78 Å². The highest BCUT2D eigenvalue weighted by Crippen LogP contribution is 2.25. The van der Waals surface area contributed by atoms with Gasteiger partial charge in [0.05, 0.1) is 19.9 Å². The van der Waals surface area contributed by atoms with Crippen molar-refractivity contribution in [1.82, 2.24) is 0 Å². The summed E-state index contributed by atoms with van der Waals surface area (Å²) in [6, 6.07) is 5.57. The molecule has 104 valence electrons. The summed E-state index contributed by atoms with van der Waals surface area (Å²) in [6.07, 6.45) is 3.49. The second-order valence-corrected chi connectivity index (χ2v) is 4.17. The van der Waals surface area contributed by atoms with E-state index in [0.29, 0.717) is 18.5 Å². The van der Waals surface area contributed by atoms with Gasteiger partial charge in [-0.05, 0) is 24.5 Å². The van der Waals surface area contributed by atoms with Gasteiger partial charge in [0, 0.05) is 12.5 Å². The fourth-order valence-corrected chi connectivity index (χ4v) is 1.78. The van der Waals surface area contributed by atoms with Gasteiger partial charge in [0.25, 0.3) is 0 Å². The molecule has 0 unspecified atom stereocenters. The normalized spacial score (nSPS) is 11.2. The number of Topliss-reactive ketones (excluding diaryl/α,β-unsaturated/α-hetero) is 1. The van der Waals surface area contributed by atoms with Gasteiger partial charge in [-0.25, -0.2) is 0 Å². The number of hydrogen-bond acceptors (Lipinski definition) is 4. The van der Waals surface area contributed by atoms with Crippen molar-refractivity contribution >= 4 is 5.78 Å². The molecule has 0 atom stereocenters. The topological polar surface area (TPSA) is 61.6 Å². The molecule has 0 saturated carbocycles. The number of aryl methyl sites for hydroxylation is 1. The Balaban J connectivity index is 2.72. The third-order valence-corrected chi connectivity index (χ3v) is 2.86. The Kier molecular flexibility index (Phi) is 5.93. The molecule has 2 N–H and O–H groups in total. The number of carbonyl (C=O) groups is 1. The van der Waals surface area contributed by atoms with Gasteiger partial charge in [-0.3, -0.25) is 4.79 Å². The molecule has 0 fully saturated rings. The van der Waals surface area contributed by atoms with Crippen LogP contribution in [0.3, 0.4) is 0 Å². The Morgan fingerprint density at radius 2 is 2.05 bits per heavy atom. The van der Waals surface area contributed by atoms with E-state index in [1.165, 1.54) is 0 Å². The lowest BCUT2D eigenvalue weighted by Crippen LogP contribution is -2.12. The van der Waals surface area contributed by atoms with Gasteiger partial charge in [-0.15, -0.1) is 0 Å². The summed E-state index contributed by atoms with van der Waals surface area (Å²) in [7, 11) is 3.21. The Bertz CT molecular complexity index is 466. The highest BCUT2D eigenvalue weighted by atomic mass is 16.5. The van der Waals surface area contributed by atoms with E-state index in [1.807, 2.05) is 25.1 Å². The molecule has 4 heteroatoms. The fraction of sp³-hybridized carbons (Fsp3) is 0.400. The molecule has 0 radical (unpaired) electrons. The predicted octanol–water partition coefficient (Wildman–Crippen LogP) is 2.46. The van der Waals surface area contributed by atoms with Crippen LogP contribution < -0.4 is 15.2 Å². The van der Waals surface area contributed by atoms with E-state index in [2.05, 4.69) is 0 Å². The SMILES string of the molecule is CC/C=C(\N)C(=O)CCc1ccc(OC)cc1OC. The minimum absolute atomic E-state index is 0.0280. The lowest BCUT2D eigenvalue weighted by Gasteiger charge is -2.10. The quantitative estimate of drug-likeness (QED) is 0.768. The number of benzene rings is 1. The van der Waals surface area contributed by atoms with Crippen molar-refractivity contribution in [3.05, 3.63) is 35.5 Å². The monoisotopic (exact) mass is 263 g/mol. The summed E-state index contributed by atoms with van der Waals surface area (Å²) in [6.45, 7) is 1.95. The number of ketones is 1. The lowest BCUT2D eigenvalue weighted by atomic mass is 10.0. The van der Waals surface area contributed by atoms with E-state index >= 15 is 0 Å². The highest BCUT2D eigenvalue weighted by molar-refractivity contribution is 5.94. The number of rotatable bonds is 7. The van der Waals surface area contributed by atoms with Crippen LogP contribution in [0, 0.1) is 0 Å². The standard InChI is InChI=1S/C15H21NO3/c1-4-5-13(16)14(17)9-7-11-6-8-12(18-2)10-15(11)19-3/h5-6,8,10H,4,7,9,16H2,1-3H3/b13-5-. The van der Waals surface area contributed by atoms with Crippen molar-refractivity contribution in [2.24, 2.45) is 5.73 Å². The van der Waals surface area contributed by atoms with Crippen LogP contribution in [0.2, 0.25) is 0 Å². The van der Waals surface area contributed by atoms with Crippen molar-refractivity contribution in [1.29, 1.82) is 0 Å². The number of allylic oxidation sites excluding steroid dienone is 2. The molecule has 0 heterocycles. The van der Waals surface area contributed by atoms with Crippen LogP contribution >= 0.6 is 0 Å². The van der Waals surface area contributed by atoms with Crippen LogP contribution in [0.1, 0.15) is 25.3 Å². The average molecular weight is 263 g/mol. The number of hydrogen-bond donors (Lipinski definition) is 1. The van der Waals surface area contributed by atoms with Gasteiger partial charge in [-0.2, -0.15) is 0 Å². The third-order valence-electron chi connectivity index (χ3n) is 2.86. The molecule has 0 spiro atoms. The summed E-state index contributed by atoms with van der Waals surface area (Å²) in [5, 5.41) is 0. The van der Waals surface area contributed by atoms with Crippen molar-refractivity contribution in [2.75, 3.05) is 14.2 Å². The van der Waals surface area contributed by atoms with Gasteiger partial charge >= 0.3 is 0 Å². The first-order chi connectivity index (χ1) is 9.12. The third kappa shape index (κ3) is 4.32. The Hall–Kier alpha value is -1.97. The van der Waals surface area contributed by atoms with Gasteiger partial charge < -0.3 is 15.2 Å². The summed E-state index contributed by atoms with van der Waals surface area (Å²) in [5.41, 5.74) is 6.98. The second kappa shape index (κ2) is 7.46. The predicted molar refractivity (Wildman–Crippen MR) is 75.4 cm³/mol. The summed E-state index contributed by atoms with van der Waals surface area (Å²) >= 11 is 0. The zero-order valence-corrected chi connectivity index (χ0v) is 11.7. The molecule has 1 aromatic rings. The number of carbonyl (C=O) groups excluding carboxylic acids is 1. The van der Waals surface area contributed by atoms with Crippen LogP contribution in [0.25, 0.3) is 0 Å². The molecule has 19 heavy (non-hydrogen) atoms. The lowest BCUT2D eigenvalue weighted by molar-refractivity contribution is -0.115. The van der Waals surface area contributed by atoms with E-state index in [0.717, 1.165) is 23.5 Å². The second-order valence-electron chi connectivity index (χ2n) is 4.17. The van der Waals surface area contributed by atoms with E-state index in [9.17, 15) is 4.79 Å². The molecule has 0 aliphatic heterocycles. The van der Waals surface area contributed by atoms with Gasteiger partial charge in [0.2, 0.25) is 0 Å². The molecule has 0 amide bonds. The molecule has 1 aromatic carbocycles. The first kappa shape index (κ1) is 15.1. The Morgan fingerprint density at radius 3 is 2.63 bits per heavy atom. The molecule has 0 aliphatic rings. The summed E-state index contributed by atoms with van der Waals surface area (Å²) in [5.74, 6) is 1.43. The van der Waals surface area contributed by atoms with E-state index < -0.39 is 0 Å². The first-order valence-corrected chi connectivity index (χ1v) is 6.32. The van der Waals surface area contributed by atoms with Gasteiger partial charge in [0.1, 0.15) is 11.5 Å². The minimum atomic E-state index is -0.0280. The van der Waals surface area contributed by atoms with Crippen molar-refractivity contribution in [3.63, 3.8) is 0 Å². The first-order valence-electron chi connectivity index (χ1n) is 6.32. The zero-order valence-electron chi connectivity index (χ0n) is 11.7. The van der Waals surface area contributed by atoms with Crippen LogP contribution in [-0.4, -0.2) is 20.0 Å². The van der Waals surface area contributed by atoms with Crippen molar-refractivity contribution < 1.29 is 14.3 Å². The van der Waals surface area contributed by atoms with Crippen molar-refractivity contribution in [2.45, 2.75) is 26.2 Å². The largest absolute Gasteiger partial charge is 0.497 e. The van der Waals surface area contributed by atoms with Gasteiger partial charge in [0.15, 0.2) is 5.78 Å². The molecule has 0 bridgehead atoms. The average Bonchev–Trinajstić information content (AvgIpc) is 2.44. The van der Waals surface area contributed by atoms with E-state index in [1.54, 1.807) is 20.3 Å². The smallest absolute Gasteiger partial charge is 0.178 e. The van der Waals surface area contributed by atoms with Crippen LogP contribution in [0.4, 0.5) is 0 Å². The molecule has 0 aliphatic carbocycles. The van der Waals surface area contributed by atoms with Crippen LogP contribution in [0.15, 0.2) is 30.0 Å². The summed E-state index contributed by atoms with van der Waals surface area (Å²) < 4.78 is 10.4. The fourth-order valence-electron chi connectivity index (χ4n) is 1.78. The molecular formula is C15H21NO3. The number of nitrogens with two attached hydrogens (primary N) is 1.